The summed E-state index contributed by atoms with van der Waals surface area (Å²) in [5, 5.41) is 0. The van der Waals surface area contributed by atoms with Crippen LogP contribution in [0.4, 0.5) is 0 Å². The van der Waals surface area contributed by atoms with E-state index in [2.05, 4.69) is 6.92 Å². The molecule has 158 valence electrons. The lowest BCUT2D eigenvalue weighted by Gasteiger charge is -2.29. The van der Waals surface area contributed by atoms with Crippen LogP contribution >= 0.6 is 24.0 Å². The number of rotatable bonds is 10. The topological polar surface area (TPSA) is 29.5 Å². The number of benzene rings is 1. The molecule has 3 nitrogen and oxygen atoms in total. The molecule has 0 N–H and O–H groups in total. The van der Waals surface area contributed by atoms with E-state index < -0.39 is 0 Å². The van der Waals surface area contributed by atoms with Crippen LogP contribution in [0.5, 0.6) is 5.75 Å². The molecule has 1 heterocycles. The third-order valence-electron chi connectivity index (χ3n) is 5.71. The minimum absolute atomic E-state index is 0.0790. The predicted octanol–water partition coefficient (Wildman–Crippen LogP) is 6.96. The van der Waals surface area contributed by atoms with Gasteiger partial charge in [0.2, 0.25) is 0 Å². The van der Waals surface area contributed by atoms with Crippen molar-refractivity contribution in [3.63, 3.8) is 0 Å². The monoisotopic (exact) mass is 431 g/mol. The lowest BCUT2D eigenvalue weighted by atomic mass is 9.94. The first-order valence-corrected chi connectivity index (χ1v) is 12.4. The molecule has 0 atom stereocenters. The smallest absolute Gasteiger partial charge is 0.266 e. The van der Waals surface area contributed by atoms with Crippen molar-refractivity contribution in [3.8, 4) is 5.75 Å². The molecule has 1 amide bonds. The summed E-state index contributed by atoms with van der Waals surface area (Å²) in [7, 11) is 0. The van der Waals surface area contributed by atoms with Gasteiger partial charge in [0, 0.05) is 6.04 Å². The minimum Gasteiger partial charge on any atom is -0.494 e. The Labute approximate surface area is 185 Å². The lowest BCUT2D eigenvalue weighted by molar-refractivity contribution is -0.124. The van der Waals surface area contributed by atoms with Crippen molar-refractivity contribution in [3.05, 3.63) is 34.7 Å². The highest BCUT2D eigenvalue weighted by atomic mass is 32.2. The SMILES string of the molecule is CCCCCCCCOc1ccc(/C=C2/SC(=S)N(C3CCCCC3)C2=O)cc1. The van der Waals surface area contributed by atoms with Crippen LogP contribution in [0.25, 0.3) is 6.08 Å². The van der Waals surface area contributed by atoms with E-state index >= 15 is 0 Å². The number of ether oxygens (including phenoxy) is 1. The molecule has 0 spiro atoms. The molecule has 1 aromatic carbocycles. The first-order valence-electron chi connectivity index (χ1n) is 11.2. The summed E-state index contributed by atoms with van der Waals surface area (Å²) in [6.45, 7) is 3.01. The number of amides is 1. The fourth-order valence-electron chi connectivity index (χ4n) is 4.02. The maximum atomic E-state index is 12.9. The first kappa shape index (κ1) is 22.4. The number of thioether (sulfide) groups is 1. The molecule has 1 aliphatic carbocycles. The maximum Gasteiger partial charge on any atom is 0.266 e. The van der Waals surface area contributed by atoms with Gasteiger partial charge in [0.15, 0.2) is 0 Å². The lowest BCUT2D eigenvalue weighted by Crippen LogP contribution is -2.39. The molecule has 2 aliphatic rings. The molecule has 29 heavy (non-hydrogen) atoms. The Morgan fingerprint density at radius 2 is 1.76 bits per heavy atom. The van der Waals surface area contributed by atoms with Gasteiger partial charge in [0.1, 0.15) is 10.1 Å². The quantitative estimate of drug-likeness (QED) is 0.227. The Morgan fingerprint density at radius 3 is 2.48 bits per heavy atom. The number of carbonyl (C=O) groups is 1. The fourth-order valence-corrected chi connectivity index (χ4v) is 5.42. The van der Waals surface area contributed by atoms with Gasteiger partial charge in [0.25, 0.3) is 5.91 Å². The summed E-state index contributed by atoms with van der Waals surface area (Å²) in [4.78, 5) is 15.5. The Balaban J connectivity index is 1.49. The van der Waals surface area contributed by atoms with Crippen molar-refractivity contribution in [1.82, 2.24) is 4.90 Å². The van der Waals surface area contributed by atoms with Gasteiger partial charge in [-0.05, 0) is 43.0 Å². The van der Waals surface area contributed by atoms with Crippen molar-refractivity contribution < 1.29 is 9.53 Å². The van der Waals surface area contributed by atoms with Gasteiger partial charge in [-0.1, -0.05) is 94.4 Å². The molecule has 3 rings (SSSR count). The van der Waals surface area contributed by atoms with Gasteiger partial charge in [0.05, 0.1) is 11.5 Å². The Hall–Kier alpha value is -1.33. The average molecular weight is 432 g/mol. The van der Waals surface area contributed by atoms with E-state index in [1.54, 1.807) is 0 Å². The number of hydrogen-bond donors (Lipinski definition) is 0. The molecule has 1 saturated heterocycles. The second-order valence-corrected chi connectivity index (χ2v) is 9.70. The molecule has 2 fully saturated rings. The van der Waals surface area contributed by atoms with Crippen LogP contribution in [0.15, 0.2) is 29.2 Å². The third kappa shape index (κ3) is 6.58. The second kappa shape index (κ2) is 11.8. The zero-order valence-electron chi connectivity index (χ0n) is 17.5. The fraction of sp³-hybridized carbons (Fsp3) is 0.583. The van der Waals surface area contributed by atoms with E-state index in [1.165, 1.54) is 63.1 Å². The highest BCUT2D eigenvalue weighted by Gasteiger charge is 2.37. The summed E-state index contributed by atoms with van der Waals surface area (Å²) in [5.74, 6) is 0.973. The van der Waals surface area contributed by atoms with Gasteiger partial charge in [-0.15, -0.1) is 0 Å². The largest absolute Gasteiger partial charge is 0.494 e. The molecule has 0 bridgehead atoms. The van der Waals surface area contributed by atoms with Crippen LogP contribution in [0, 0.1) is 0 Å². The first-order chi connectivity index (χ1) is 14.2. The standard InChI is InChI=1S/C24H33NO2S2/c1-2-3-4-5-6-10-17-27-21-15-13-19(14-16-21)18-22-23(26)25(24(28)29-22)20-11-8-7-9-12-20/h13-16,18,20H,2-12,17H2,1H3/b22-18+. The summed E-state index contributed by atoms with van der Waals surface area (Å²) >= 11 is 6.95. The summed E-state index contributed by atoms with van der Waals surface area (Å²) in [6, 6.07) is 8.31. The third-order valence-corrected chi connectivity index (χ3v) is 7.04. The molecule has 1 aromatic rings. The van der Waals surface area contributed by atoms with Crippen molar-refractivity contribution in [1.29, 1.82) is 0 Å². The Bertz CT molecular complexity index is 708. The van der Waals surface area contributed by atoms with E-state index in [0.29, 0.717) is 10.4 Å². The number of hydrogen-bond acceptors (Lipinski definition) is 4. The van der Waals surface area contributed by atoms with Crippen LogP contribution in [0.1, 0.15) is 83.1 Å². The molecule has 5 heteroatoms. The Kier molecular flexibility index (Phi) is 9.06. The van der Waals surface area contributed by atoms with Gasteiger partial charge in [-0.2, -0.15) is 0 Å². The number of nitrogens with zero attached hydrogens (tertiary/aromatic N) is 1. The second-order valence-electron chi connectivity index (χ2n) is 8.03. The Morgan fingerprint density at radius 1 is 1.07 bits per heavy atom. The van der Waals surface area contributed by atoms with Crippen molar-refractivity contribution in [2.45, 2.75) is 83.6 Å². The van der Waals surface area contributed by atoms with E-state index in [4.69, 9.17) is 17.0 Å². The van der Waals surface area contributed by atoms with E-state index in [-0.39, 0.29) is 5.91 Å². The van der Waals surface area contributed by atoms with Crippen LogP contribution in [0.2, 0.25) is 0 Å². The van der Waals surface area contributed by atoms with E-state index in [9.17, 15) is 4.79 Å². The van der Waals surface area contributed by atoms with Gasteiger partial charge in [-0.25, -0.2) is 0 Å². The molecule has 0 unspecified atom stereocenters. The average Bonchev–Trinajstić information content (AvgIpc) is 3.02. The maximum absolute atomic E-state index is 12.9. The van der Waals surface area contributed by atoms with Crippen LogP contribution in [-0.4, -0.2) is 27.8 Å². The predicted molar refractivity (Wildman–Crippen MR) is 127 cm³/mol. The normalized spacial score (nSPS) is 19.3. The van der Waals surface area contributed by atoms with Crippen molar-refractivity contribution in [2.75, 3.05) is 6.61 Å². The van der Waals surface area contributed by atoms with Crippen LogP contribution in [-0.2, 0) is 4.79 Å². The summed E-state index contributed by atoms with van der Waals surface area (Å²) in [5.41, 5.74) is 1.01. The minimum atomic E-state index is 0.0790. The van der Waals surface area contributed by atoms with Gasteiger partial charge >= 0.3 is 0 Å². The van der Waals surface area contributed by atoms with E-state index in [1.807, 2.05) is 35.2 Å². The van der Waals surface area contributed by atoms with Gasteiger partial charge < -0.3 is 4.74 Å². The summed E-state index contributed by atoms with van der Waals surface area (Å²) in [6.07, 6.45) is 15.4. The molecular weight excluding hydrogens is 398 g/mol. The highest BCUT2D eigenvalue weighted by molar-refractivity contribution is 8.26. The van der Waals surface area contributed by atoms with Crippen molar-refractivity contribution in [2.24, 2.45) is 0 Å². The number of unbranched alkanes of at least 4 members (excludes halogenated alkanes) is 5. The molecule has 0 radical (unpaired) electrons. The van der Waals surface area contributed by atoms with E-state index in [0.717, 1.165) is 42.1 Å². The summed E-state index contributed by atoms with van der Waals surface area (Å²) < 4.78 is 6.57. The number of thiocarbonyl (C=S) groups is 1. The van der Waals surface area contributed by atoms with Gasteiger partial charge in [-0.3, -0.25) is 9.69 Å². The zero-order valence-corrected chi connectivity index (χ0v) is 19.2. The van der Waals surface area contributed by atoms with Crippen molar-refractivity contribution >= 4 is 40.3 Å². The van der Waals surface area contributed by atoms with Crippen LogP contribution in [0.3, 0.4) is 0 Å². The molecule has 0 aromatic heterocycles. The molecular formula is C24H33NO2S2. The molecule has 1 saturated carbocycles. The number of carbonyl (C=O) groups excluding carboxylic acids is 1. The zero-order chi connectivity index (χ0) is 20.5. The molecule has 1 aliphatic heterocycles. The highest BCUT2D eigenvalue weighted by Crippen LogP contribution is 2.37. The van der Waals surface area contributed by atoms with Crippen LogP contribution < -0.4 is 4.74 Å².